The minimum atomic E-state index is -0.744. The summed E-state index contributed by atoms with van der Waals surface area (Å²) in [5.41, 5.74) is 10.1. The van der Waals surface area contributed by atoms with E-state index in [1.807, 2.05) is 24.3 Å². The number of nitrogens with two attached hydrogens (primary N) is 1. The minimum absolute atomic E-state index is 0.378. The second-order valence-electron chi connectivity index (χ2n) is 6.32. The standard InChI is InChI=1S/C19H16BFN4O2S/c1-20(26)14-6-12(10-3-4-11-15(22)8-24-25-16(11)5-10)13(7-17(14)27-2)19-23-9-18(21)28-19/h3-9,26H,1-2H3,(H2,22,25). The summed E-state index contributed by atoms with van der Waals surface area (Å²) in [7, 11) is 1.53. The molecule has 0 radical (unpaired) electrons. The van der Waals surface area contributed by atoms with Crippen molar-refractivity contribution in [2.75, 3.05) is 12.8 Å². The van der Waals surface area contributed by atoms with E-state index in [1.54, 1.807) is 12.9 Å². The molecule has 0 saturated heterocycles. The Morgan fingerprint density at radius 2 is 2.00 bits per heavy atom. The summed E-state index contributed by atoms with van der Waals surface area (Å²) < 4.78 is 19.1. The number of halogens is 1. The van der Waals surface area contributed by atoms with Gasteiger partial charge in [-0.1, -0.05) is 30.3 Å². The van der Waals surface area contributed by atoms with Crippen molar-refractivity contribution < 1.29 is 14.2 Å². The van der Waals surface area contributed by atoms with E-state index in [0.29, 0.717) is 33.0 Å². The van der Waals surface area contributed by atoms with Gasteiger partial charge in [0.1, 0.15) is 10.8 Å². The van der Waals surface area contributed by atoms with Crippen LogP contribution in [0, 0.1) is 5.13 Å². The van der Waals surface area contributed by atoms with Gasteiger partial charge in [0.15, 0.2) is 5.13 Å². The lowest BCUT2D eigenvalue weighted by molar-refractivity contribution is 0.417. The number of thiazole rings is 1. The van der Waals surface area contributed by atoms with Gasteiger partial charge in [-0.3, -0.25) is 0 Å². The molecule has 2 heterocycles. The lowest BCUT2D eigenvalue weighted by Crippen LogP contribution is -2.28. The molecule has 3 N–H and O–H groups in total. The van der Waals surface area contributed by atoms with Crippen LogP contribution < -0.4 is 15.9 Å². The minimum Gasteiger partial charge on any atom is -0.497 e. The quantitative estimate of drug-likeness (QED) is 0.517. The first-order chi connectivity index (χ1) is 13.5. The normalized spacial score (nSPS) is 11.0. The highest BCUT2D eigenvalue weighted by Crippen LogP contribution is 2.37. The molecule has 0 spiro atoms. The Kier molecular flexibility index (Phi) is 4.70. The van der Waals surface area contributed by atoms with Crippen LogP contribution in [0.3, 0.4) is 0 Å². The first kappa shape index (κ1) is 18.3. The maximum atomic E-state index is 13.6. The number of rotatable bonds is 4. The third-order valence-corrected chi connectivity index (χ3v) is 5.33. The molecule has 0 bridgehead atoms. The average Bonchev–Trinajstić information content (AvgIpc) is 3.13. The van der Waals surface area contributed by atoms with Gasteiger partial charge in [-0.25, -0.2) is 4.98 Å². The molecule has 0 atom stereocenters. The number of aromatic nitrogens is 3. The Hall–Kier alpha value is -3.04. The van der Waals surface area contributed by atoms with Crippen LogP contribution in [0.1, 0.15) is 0 Å². The third kappa shape index (κ3) is 3.19. The van der Waals surface area contributed by atoms with Crippen LogP contribution in [0.15, 0.2) is 42.7 Å². The van der Waals surface area contributed by atoms with Gasteiger partial charge in [0, 0.05) is 10.9 Å². The largest absolute Gasteiger partial charge is 0.497 e. The predicted octanol–water partition coefficient (Wildman–Crippen LogP) is 2.97. The molecular formula is C19H16BFN4O2S. The van der Waals surface area contributed by atoms with Crippen molar-refractivity contribution in [1.82, 2.24) is 15.2 Å². The summed E-state index contributed by atoms with van der Waals surface area (Å²) >= 11 is 0.945. The van der Waals surface area contributed by atoms with Gasteiger partial charge in [0.2, 0.25) is 0 Å². The van der Waals surface area contributed by atoms with Gasteiger partial charge in [-0.05, 0) is 34.8 Å². The highest BCUT2D eigenvalue weighted by Gasteiger charge is 2.20. The number of fused-ring (bicyclic) bond motifs is 1. The molecule has 0 aliphatic heterocycles. The SMILES string of the molecule is COc1cc(-c2ncc(F)s2)c(-c2ccc3c(N)cnnc3c2)cc1B(C)O. The summed E-state index contributed by atoms with van der Waals surface area (Å²) in [6, 6.07) is 9.23. The Labute approximate surface area is 164 Å². The molecule has 0 unspecified atom stereocenters. The highest BCUT2D eigenvalue weighted by molar-refractivity contribution is 7.13. The number of nitrogens with zero attached hydrogens (tertiary/aromatic N) is 3. The van der Waals surface area contributed by atoms with Gasteiger partial charge in [0.25, 0.3) is 0 Å². The van der Waals surface area contributed by atoms with Crippen LogP contribution in [-0.4, -0.2) is 34.2 Å². The molecule has 4 aromatic rings. The second kappa shape index (κ2) is 7.18. The fraction of sp³-hybridized carbons (Fsp3) is 0.105. The van der Waals surface area contributed by atoms with Gasteiger partial charge >= 0.3 is 6.92 Å². The van der Waals surface area contributed by atoms with Crippen LogP contribution in [0.5, 0.6) is 5.75 Å². The van der Waals surface area contributed by atoms with E-state index in [0.717, 1.165) is 27.8 Å². The number of ether oxygens (including phenoxy) is 1. The molecule has 0 aliphatic rings. The van der Waals surface area contributed by atoms with E-state index in [1.165, 1.54) is 19.5 Å². The lowest BCUT2D eigenvalue weighted by atomic mass is 9.63. The molecule has 0 aliphatic carbocycles. The topological polar surface area (TPSA) is 94.2 Å². The zero-order valence-corrected chi connectivity index (χ0v) is 16.0. The molecule has 4 rings (SSSR count). The Balaban J connectivity index is 2.00. The van der Waals surface area contributed by atoms with Crippen LogP contribution in [0.2, 0.25) is 6.82 Å². The first-order valence-corrected chi connectivity index (χ1v) is 9.32. The Morgan fingerprint density at radius 1 is 1.18 bits per heavy atom. The van der Waals surface area contributed by atoms with Crippen LogP contribution in [0.4, 0.5) is 10.1 Å². The average molecular weight is 394 g/mol. The van der Waals surface area contributed by atoms with E-state index in [2.05, 4.69) is 15.2 Å². The van der Waals surface area contributed by atoms with Crippen LogP contribution >= 0.6 is 11.3 Å². The fourth-order valence-electron chi connectivity index (χ4n) is 3.14. The molecule has 0 saturated carbocycles. The second-order valence-corrected chi connectivity index (χ2v) is 7.30. The first-order valence-electron chi connectivity index (χ1n) is 8.51. The molecule has 140 valence electrons. The molecule has 6 nitrogen and oxygen atoms in total. The third-order valence-electron chi connectivity index (χ3n) is 4.51. The number of nitrogen functional groups attached to an aromatic ring is 1. The van der Waals surface area contributed by atoms with Crippen LogP contribution in [0.25, 0.3) is 32.6 Å². The van der Waals surface area contributed by atoms with E-state index >= 15 is 0 Å². The summed E-state index contributed by atoms with van der Waals surface area (Å²) in [4.78, 5) is 4.18. The van der Waals surface area contributed by atoms with Crippen molar-refractivity contribution in [3.8, 4) is 27.4 Å². The number of benzene rings is 2. The zero-order valence-electron chi connectivity index (χ0n) is 15.2. The monoisotopic (exact) mass is 394 g/mol. The lowest BCUT2D eigenvalue weighted by Gasteiger charge is -2.16. The molecule has 0 fully saturated rings. The van der Waals surface area contributed by atoms with Crippen molar-refractivity contribution in [1.29, 1.82) is 0 Å². The van der Waals surface area contributed by atoms with Gasteiger partial charge < -0.3 is 15.5 Å². The molecule has 2 aromatic heterocycles. The van der Waals surface area contributed by atoms with Crippen molar-refractivity contribution in [3.63, 3.8) is 0 Å². The summed E-state index contributed by atoms with van der Waals surface area (Å²) in [6.45, 7) is 0.920. The number of hydrogen-bond acceptors (Lipinski definition) is 7. The Morgan fingerprint density at radius 3 is 2.68 bits per heavy atom. The van der Waals surface area contributed by atoms with Crippen LogP contribution in [-0.2, 0) is 0 Å². The summed E-state index contributed by atoms with van der Waals surface area (Å²) in [5, 5.41) is 19.2. The summed E-state index contributed by atoms with van der Waals surface area (Å²) in [6.07, 6.45) is 2.69. The fourth-order valence-corrected chi connectivity index (χ4v) is 3.82. The Bertz CT molecular complexity index is 1180. The van der Waals surface area contributed by atoms with Crippen molar-refractivity contribution >= 4 is 40.3 Å². The molecule has 2 aromatic carbocycles. The van der Waals surface area contributed by atoms with Gasteiger partial charge in [0.05, 0.1) is 30.7 Å². The molecular weight excluding hydrogens is 378 g/mol. The maximum absolute atomic E-state index is 13.6. The van der Waals surface area contributed by atoms with Gasteiger partial charge in [-0.2, -0.15) is 14.6 Å². The van der Waals surface area contributed by atoms with Gasteiger partial charge in [-0.15, -0.1) is 0 Å². The smallest absolute Gasteiger partial charge is 0.324 e. The molecule has 0 amide bonds. The summed E-state index contributed by atoms with van der Waals surface area (Å²) in [5.74, 6) is 0.509. The van der Waals surface area contributed by atoms with Crippen molar-refractivity contribution in [3.05, 3.63) is 47.9 Å². The molecule has 9 heteroatoms. The number of hydrogen-bond donors (Lipinski definition) is 2. The van der Waals surface area contributed by atoms with E-state index in [-0.39, 0.29) is 5.13 Å². The zero-order chi connectivity index (χ0) is 19.8. The van der Waals surface area contributed by atoms with E-state index in [9.17, 15) is 9.41 Å². The number of methoxy groups -OCH3 is 1. The van der Waals surface area contributed by atoms with Crippen molar-refractivity contribution in [2.45, 2.75) is 6.82 Å². The highest BCUT2D eigenvalue weighted by atomic mass is 32.1. The number of anilines is 1. The van der Waals surface area contributed by atoms with Crippen molar-refractivity contribution in [2.24, 2.45) is 0 Å². The maximum Gasteiger partial charge on any atom is 0.324 e. The molecule has 28 heavy (non-hydrogen) atoms. The van der Waals surface area contributed by atoms with E-state index in [4.69, 9.17) is 10.5 Å². The van der Waals surface area contributed by atoms with E-state index < -0.39 is 6.92 Å². The predicted molar refractivity (Wildman–Crippen MR) is 110 cm³/mol.